The molecule has 0 fully saturated rings. The highest BCUT2D eigenvalue weighted by Gasteiger charge is 2.18. The standard InChI is InChI=1S/C25H26ClNO6S/c1-17(27-15-24(28)19-3-2-4-20(26)14-19)13-18-5-9-22(10-6-18)34(31,32)23-11-7-21(8-12-23)33-16-25(29)30/h2-12,14,17,24,27-28H,13,15-16H2,1H3,(H,29,30)/t17-,24-/m1/s1. The molecule has 7 nitrogen and oxygen atoms in total. The van der Waals surface area contributed by atoms with Crippen molar-refractivity contribution in [3.8, 4) is 5.75 Å². The molecule has 0 saturated carbocycles. The molecular formula is C25H26ClNO6S. The number of aliphatic hydroxyl groups is 1. The Morgan fingerprint density at radius 1 is 1.03 bits per heavy atom. The SMILES string of the molecule is C[C@H](Cc1ccc(S(=O)(=O)c2ccc(OCC(=O)O)cc2)cc1)NC[C@@H](O)c1cccc(Cl)c1. The van der Waals surface area contributed by atoms with Crippen LogP contribution in [-0.4, -0.2) is 43.8 Å². The van der Waals surface area contributed by atoms with Gasteiger partial charge in [0.15, 0.2) is 6.61 Å². The Balaban J connectivity index is 1.57. The van der Waals surface area contributed by atoms with Crippen LogP contribution < -0.4 is 10.1 Å². The second kappa shape index (κ2) is 11.5. The molecule has 0 aliphatic carbocycles. The quantitative estimate of drug-likeness (QED) is 0.364. The summed E-state index contributed by atoms with van der Waals surface area (Å²) in [5, 5.41) is 22.9. The minimum absolute atomic E-state index is 0.0506. The van der Waals surface area contributed by atoms with Crippen molar-refractivity contribution in [2.45, 2.75) is 35.3 Å². The molecule has 0 aliphatic rings. The molecule has 9 heteroatoms. The van der Waals surface area contributed by atoms with Crippen molar-refractivity contribution in [2.24, 2.45) is 0 Å². The highest BCUT2D eigenvalue weighted by atomic mass is 35.5. The molecule has 0 saturated heterocycles. The van der Waals surface area contributed by atoms with Crippen LogP contribution in [0.5, 0.6) is 5.75 Å². The zero-order valence-corrected chi connectivity index (χ0v) is 20.1. The van der Waals surface area contributed by atoms with E-state index in [-0.39, 0.29) is 21.6 Å². The van der Waals surface area contributed by atoms with Crippen LogP contribution >= 0.6 is 11.6 Å². The first-order valence-corrected chi connectivity index (χ1v) is 12.5. The molecule has 2 atom stereocenters. The minimum atomic E-state index is -3.72. The van der Waals surface area contributed by atoms with E-state index in [4.69, 9.17) is 21.4 Å². The Bertz CT molecular complexity index is 1210. The van der Waals surface area contributed by atoms with Crippen LogP contribution in [0, 0.1) is 0 Å². The Kier molecular flexibility index (Phi) is 8.68. The monoisotopic (exact) mass is 503 g/mol. The predicted molar refractivity (Wildman–Crippen MR) is 129 cm³/mol. The Morgan fingerprint density at radius 3 is 2.24 bits per heavy atom. The second-order valence-electron chi connectivity index (χ2n) is 7.89. The van der Waals surface area contributed by atoms with Gasteiger partial charge in [-0.05, 0) is 73.0 Å². The molecule has 3 N–H and O–H groups in total. The minimum Gasteiger partial charge on any atom is -0.482 e. The smallest absolute Gasteiger partial charge is 0.341 e. The van der Waals surface area contributed by atoms with E-state index in [1.807, 2.05) is 13.0 Å². The van der Waals surface area contributed by atoms with Gasteiger partial charge in [0.05, 0.1) is 15.9 Å². The van der Waals surface area contributed by atoms with E-state index in [2.05, 4.69) is 5.32 Å². The summed E-state index contributed by atoms with van der Waals surface area (Å²) in [6.07, 6.45) is -0.0346. The Morgan fingerprint density at radius 2 is 1.65 bits per heavy atom. The van der Waals surface area contributed by atoms with Gasteiger partial charge in [0.25, 0.3) is 0 Å². The van der Waals surface area contributed by atoms with Gasteiger partial charge < -0.3 is 20.3 Å². The van der Waals surface area contributed by atoms with Crippen molar-refractivity contribution in [1.29, 1.82) is 0 Å². The number of hydrogen-bond acceptors (Lipinski definition) is 6. The molecule has 0 spiro atoms. The lowest BCUT2D eigenvalue weighted by molar-refractivity contribution is -0.139. The normalized spacial score (nSPS) is 13.3. The van der Waals surface area contributed by atoms with Crippen LogP contribution in [0.3, 0.4) is 0 Å². The number of ether oxygens (including phenoxy) is 1. The summed E-state index contributed by atoms with van der Waals surface area (Å²) in [5.74, 6) is -0.836. The molecule has 34 heavy (non-hydrogen) atoms. The zero-order chi connectivity index (χ0) is 24.7. The Labute approximate surface area is 203 Å². The molecule has 3 rings (SSSR count). The number of rotatable bonds is 11. The molecule has 0 unspecified atom stereocenters. The number of hydrogen-bond donors (Lipinski definition) is 3. The van der Waals surface area contributed by atoms with Gasteiger partial charge in [-0.2, -0.15) is 0 Å². The summed E-state index contributed by atoms with van der Waals surface area (Å²) in [4.78, 5) is 10.8. The lowest BCUT2D eigenvalue weighted by atomic mass is 10.1. The summed E-state index contributed by atoms with van der Waals surface area (Å²) in [5.41, 5.74) is 1.69. The molecule has 0 bridgehead atoms. The molecule has 0 amide bonds. The van der Waals surface area contributed by atoms with E-state index in [0.29, 0.717) is 18.0 Å². The van der Waals surface area contributed by atoms with E-state index in [9.17, 15) is 18.3 Å². The number of aliphatic carboxylic acids is 1. The number of sulfone groups is 1. The van der Waals surface area contributed by atoms with Crippen molar-refractivity contribution in [3.63, 3.8) is 0 Å². The van der Waals surface area contributed by atoms with E-state index in [0.717, 1.165) is 11.1 Å². The number of aliphatic hydroxyl groups excluding tert-OH is 1. The number of nitrogens with one attached hydrogen (secondary N) is 1. The van der Waals surface area contributed by atoms with Crippen LogP contribution in [0.2, 0.25) is 5.02 Å². The maximum Gasteiger partial charge on any atom is 0.341 e. The van der Waals surface area contributed by atoms with Gasteiger partial charge in [0.1, 0.15) is 5.75 Å². The first-order chi connectivity index (χ1) is 16.1. The van der Waals surface area contributed by atoms with Crippen molar-refractivity contribution in [1.82, 2.24) is 5.32 Å². The third kappa shape index (κ3) is 7.04. The number of benzene rings is 3. The largest absolute Gasteiger partial charge is 0.482 e. The Hall–Kier alpha value is -2.91. The first kappa shape index (κ1) is 25.7. The van der Waals surface area contributed by atoms with Gasteiger partial charge in [0, 0.05) is 17.6 Å². The van der Waals surface area contributed by atoms with Gasteiger partial charge in [-0.1, -0.05) is 35.9 Å². The number of carboxylic acid groups (broad SMARTS) is 1. The number of carbonyl (C=O) groups is 1. The molecule has 3 aromatic rings. The first-order valence-electron chi connectivity index (χ1n) is 10.6. The van der Waals surface area contributed by atoms with E-state index in [1.54, 1.807) is 42.5 Å². The van der Waals surface area contributed by atoms with Gasteiger partial charge in [0.2, 0.25) is 9.84 Å². The molecule has 0 radical (unpaired) electrons. The van der Waals surface area contributed by atoms with Crippen LogP contribution in [-0.2, 0) is 21.1 Å². The topological polar surface area (TPSA) is 113 Å². The van der Waals surface area contributed by atoms with E-state index in [1.165, 1.54) is 24.3 Å². The summed E-state index contributed by atoms with van der Waals surface area (Å²) in [7, 11) is -3.72. The molecule has 180 valence electrons. The highest BCUT2D eigenvalue weighted by molar-refractivity contribution is 7.91. The van der Waals surface area contributed by atoms with Crippen molar-refractivity contribution in [2.75, 3.05) is 13.2 Å². The highest BCUT2D eigenvalue weighted by Crippen LogP contribution is 2.24. The third-order valence-electron chi connectivity index (χ3n) is 5.16. The van der Waals surface area contributed by atoms with Crippen LogP contribution in [0.4, 0.5) is 0 Å². The van der Waals surface area contributed by atoms with Gasteiger partial charge in [-0.15, -0.1) is 0 Å². The number of halogens is 1. The fraction of sp³-hybridized carbons (Fsp3) is 0.240. The molecule has 0 heterocycles. The lowest BCUT2D eigenvalue weighted by Gasteiger charge is -2.18. The van der Waals surface area contributed by atoms with Crippen molar-refractivity contribution in [3.05, 3.63) is 88.9 Å². The molecule has 0 aromatic heterocycles. The van der Waals surface area contributed by atoms with Crippen LogP contribution in [0.25, 0.3) is 0 Å². The number of carboxylic acids is 1. The summed E-state index contributed by atoms with van der Waals surface area (Å²) >= 11 is 5.97. The fourth-order valence-corrected chi connectivity index (χ4v) is 4.83. The summed E-state index contributed by atoms with van der Waals surface area (Å²) < 4.78 is 30.8. The van der Waals surface area contributed by atoms with E-state index >= 15 is 0 Å². The molecule has 0 aliphatic heterocycles. The lowest BCUT2D eigenvalue weighted by Crippen LogP contribution is -2.32. The molecule has 3 aromatic carbocycles. The maximum atomic E-state index is 12.9. The van der Waals surface area contributed by atoms with Gasteiger partial charge in [-0.25, -0.2) is 13.2 Å². The average Bonchev–Trinajstić information content (AvgIpc) is 2.82. The van der Waals surface area contributed by atoms with Crippen LogP contribution in [0.15, 0.2) is 82.6 Å². The van der Waals surface area contributed by atoms with Crippen molar-refractivity contribution < 1.29 is 28.2 Å². The van der Waals surface area contributed by atoms with Gasteiger partial charge in [-0.3, -0.25) is 0 Å². The second-order valence-corrected chi connectivity index (χ2v) is 10.3. The zero-order valence-electron chi connectivity index (χ0n) is 18.5. The predicted octanol–water partition coefficient (Wildman–Crippen LogP) is 3.89. The summed E-state index contributed by atoms with van der Waals surface area (Å²) in [6, 6.07) is 19.4. The van der Waals surface area contributed by atoms with E-state index < -0.39 is 28.5 Å². The van der Waals surface area contributed by atoms with Crippen molar-refractivity contribution >= 4 is 27.4 Å². The maximum absolute atomic E-state index is 12.9. The molecular weight excluding hydrogens is 478 g/mol. The average molecular weight is 504 g/mol. The third-order valence-corrected chi connectivity index (χ3v) is 7.19. The summed E-state index contributed by atoms with van der Waals surface area (Å²) in [6.45, 7) is 1.85. The van der Waals surface area contributed by atoms with Crippen LogP contribution in [0.1, 0.15) is 24.2 Å². The fourth-order valence-electron chi connectivity index (χ4n) is 3.37. The van der Waals surface area contributed by atoms with Gasteiger partial charge >= 0.3 is 5.97 Å².